The zero-order valence-electron chi connectivity index (χ0n) is 18.0. The molecule has 0 atom stereocenters. The van der Waals surface area contributed by atoms with Gasteiger partial charge in [0.1, 0.15) is 0 Å². The van der Waals surface area contributed by atoms with Gasteiger partial charge >= 0.3 is 0 Å². The van der Waals surface area contributed by atoms with Crippen LogP contribution in [0.5, 0.6) is 0 Å². The Morgan fingerprint density at radius 2 is 2.03 bits per heavy atom. The number of pyridine rings is 1. The van der Waals surface area contributed by atoms with Crippen LogP contribution in [0.4, 0.5) is 5.69 Å². The van der Waals surface area contributed by atoms with Gasteiger partial charge in [-0.1, -0.05) is 18.2 Å². The summed E-state index contributed by atoms with van der Waals surface area (Å²) in [5, 5.41) is 10.3. The maximum Gasteiger partial charge on any atom is 0.252 e. The second kappa shape index (κ2) is 8.20. The minimum Gasteiger partial charge on any atom is -0.348 e. The molecule has 32 heavy (non-hydrogen) atoms. The number of amides is 2. The van der Waals surface area contributed by atoms with Crippen LogP contribution in [0.25, 0.3) is 21.6 Å². The number of carbonyl (C=O) groups is 2. The Hall–Kier alpha value is -3.52. The van der Waals surface area contributed by atoms with Crippen LogP contribution in [0.3, 0.4) is 0 Å². The first-order valence-electron chi connectivity index (χ1n) is 10.6. The van der Waals surface area contributed by atoms with Gasteiger partial charge in [0.15, 0.2) is 5.65 Å². The van der Waals surface area contributed by atoms with E-state index in [1.54, 1.807) is 16.0 Å². The molecule has 1 aliphatic heterocycles. The molecular formula is C24H23N5O2S. The quantitative estimate of drug-likeness (QED) is 0.502. The van der Waals surface area contributed by atoms with E-state index in [0.717, 1.165) is 45.9 Å². The van der Waals surface area contributed by atoms with Gasteiger partial charge in [-0.05, 0) is 48.6 Å². The molecule has 0 saturated carbocycles. The highest BCUT2D eigenvalue weighted by atomic mass is 32.1. The molecule has 1 fully saturated rings. The number of nitrogens with zero attached hydrogens (tertiary/aromatic N) is 4. The number of carbonyl (C=O) groups excluding carboxylic acids is 2. The fourth-order valence-corrected chi connectivity index (χ4v) is 4.85. The van der Waals surface area contributed by atoms with Gasteiger partial charge in [0.25, 0.3) is 5.91 Å². The maximum atomic E-state index is 13.2. The molecule has 3 aromatic heterocycles. The van der Waals surface area contributed by atoms with Crippen molar-refractivity contribution in [3.8, 4) is 10.6 Å². The molecule has 8 heteroatoms. The summed E-state index contributed by atoms with van der Waals surface area (Å²) in [5.74, 6) is 0.00578. The number of thiophene rings is 1. The minimum absolute atomic E-state index is 0.162. The maximum absolute atomic E-state index is 13.2. The van der Waals surface area contributed by atoms with Crippen molar-refractivity contribution in [3.05, 3.63) is 64.7 Å². The van der Waals surface area contributed by atoms with E-state index in [2.05, 4.69) is 10.4 Å². The third kappa shape index (κ3) is 3.67. The summed E-state index contributed by atoms with van der Waals surface area (Å²) in [6, 6.07) is 13.6. The third-order valence-corrected chi connectivity index (χ3v) is 6.65. The Balaban J connectivity index is 1.39. The first-order chi connectivity index (χ1) is 15.5. The van der Waals surface area contributed by atoms with Gasteiger partial charge in [-0.15, -0.1) is 11.3 Å². The molecular weight excluding hydrogens is 422 g/mol. The zero-order valence-corrected chi connectivity index (χ0v) is 18.8. The molecule has 162 valence electrons. The molecule has 1 aliphatic rings. The lowest BCUT2D eigenvalue weighted by Gasteiger charge is -2.16. The van der Waals surface area contributed by atoms with E-state index in [1.807, 2.05) is 66.7 Å². The zero-order chi connectivity index (χ0) is 22.2. The van der Waals surface area contributed by atoms with Gasteiger partial charge in [-0.25, -0.2) is 4.98 Å². The van der Waals surface area contributed by atoms with E-state index >= 15 is 0 Å². The Morgan fingerprint density at radius 3 is 2.72 bits per heavy atom. The van der Waals surface area contributed by atoms with Crippen LogP contribution >= 0.6 is 11.3 Å². The van der Waals surface area contributed by atoms with Crippen LogP contribution in [0.15, 0.2) is 47.8 Å². The number of nitrogens with one attached hydrogen (secondary N) is 1. The highest BCUT2D eigenvalue weighted by Crippen LogP contribution is 2.29. The van der Waals surface area contributed by atoms with Gasteiger partial charge in [0.05, 0.1) is 27.2 Å². The largest absolute Gasteiger partial charge is 0.348 e. The number of aromatic nitrogens is 3. The molecule has 0 radical (unpaired) electrons. The van der Waals surface area contributed by atoms with E-state index < -0.39 is 0 Å². The Kier molecular flexibility index (Phi) is 5.22. The first-order valence-corrected chi connectivity index (χ1v) is 11.4. The average molecular weight is 446 g/mol. The van der Waals surface area contributed by atoms with Crippen LogP contribution in [-0.4, -0.2) is 33.1 Å². The Labute approximate surface area is 189 Å². The standard InChI is InChI=1S/C24H23N5O2S/c1-15-22-18(13-19(20-5-4-12-32-20)26-23(22)28(2)27-15)24(31)25-14-16-7-9-17(10-8-16)29-11-3-6-21(29)30/h4-5,7-10,12-13H,3,6,11,14H2,1-2H3,(H,25,31). The molecule has 2 amide bonds. The summed E-state index contributed by atoms with van der Waals surface area (Å²) in [6.07, 6.45) is 1.51. The van der Waals surface area contributed by atoms with Gasteiger partial charge in [-0.3, -0.25) is 14.3 Å². The second-order valence-corrected chi connectivity index (χ2v) is 8.89. The predicted molar refractivity (Wildman–Crippen MR) is 126 cm³/mol. The number of fused-ring (bicyclic) bond motifs is 1. The number of rotatable bonds is 5. The fourth-order valence-electron chi connectivity index (χ4n) is 4.17. The lowest BCUT2D eigenvalue weighted by molar-refractivity contribution is -0.117. The van der Waals surface area contributed by atoms with E-state index in [4.69, 9.17) is 4.98 Å². The van der Waals surface area contributed by atoms with E-state index in [1.165, 1.54) is 0 Å². The van der Waals surface area contributed by atoms with Gasteiger partial charge in [-0.2, -0.15) is 5.10 Å². The molecule has 5 rings (SSSR count). The third-order valence-electron chi connectivity index (χ3n) is 5.76. The molecule has 1 N–H and O–H groups in total. The summed E-state index contributed by atoms with van der Waals surface area (Å²) in [6.45, 7) is 3.05. The van der Waals surface area contributed by atoms with Crippen molar-refractivity contribution >= 4 is 39.9 Å². The summed E-state index contributed by atoms with van der Waals surface area (Å²) >= 11 is 1.59. The number of anilines is 1. The van der Waals surface area contributed by atoms with Crippen molar-refractivity contribution in [2.45, 2.75) is 26.3 Å². The van der Waals surface area contributed by atoms with Gasteiger partial charge < -0.3 is 10.2 Å². The molecule has 0 spiro atoms. The number of hydrogen-bond donors (Lipinski definition) is 1. The van der Waals surface area contributed by atoms with Crippen molar-refractivity contribution < 1.29 is 9.59 Å². The molecule has 7 nitrogen and oxygen atoms in total. The van der Waals surface area contributed by atoms with Crippen molar-refractivity contribution in [3.63, 3.8) is 0 Å². The van der Waals surface area contributed by atoms with Crippen LogP contribution in [0.1, 0.15) is 34.5 Å². The molecule has 0 bridgehead atoms. The van der Waals surface area contributed by atoms with Crippen LogP contribution in [0.2, 0.25) is 0 Å². The van der Waals surface area contributed by atoms with Crippen molar-refractivity contribution in [1.29, 1.82) is 0 Å². The number of hydrogen-bond acceptors (Lipinski definition) is 5. The molecule has 1 saturated heterocycles. The minimum atomic E-state index is -0.162. The van der Waals surface area contributed by atoms with Crippen molar-refractivity contribution in [1.82, 2.24) is 20.1 Å². The molecule has 0 aliphatic carbocycles. The molecule has 4 aromatic rings. The summed E-state index contributed by atoms with van der Waals surface area (Å²) in [7, 11) is 1.84. The lowest BCUT2D eigenvalue weighted by atomic mass is 10.1. The smallest absolute Gasteiger partial charge is 0.252 e. The normalized spacial score (nSPS) is 13.8. The number of benzene rings is 1. The summed E-state index contributed by atoms with van der Waals surface area (Å²) in [5.41, 5.74) is 4.68. The van der Waals surface area contributed by atoms with E-state index in [9.17, 15) is 9.59 Å². The number of aryl methyl sites for hydroxylation is 2. The summed E-state index contributed by atoms with van der Waals surface area (Å²) < 4.78 is 1.72. The van der Waals surface area contributed by atoms with Gasteiger partial charge in [0.2, 0.25) is 5.91 Å². The van der Waals surface area contributed by atoms with Crippen LogP contribution in [-0.2, 0) is 18.4 Å². The molecule has 1 aromatic carbocycles. The Bertz CT molecular complexity index is 1310. The Morgan fingerprint density at radius 1 is 1.22 bits per heavy atom. The SMILES string of the molecule is Cc1nn(C)c2nc(-c3cccs3)cc(C(=O)NCc3ccc(N4CCCC4=O)cc3)c12. The highest BCUT2D eigenvalue weighted by molar-refractivity contribution is 7.13. The van der Waals surface area contributed by atoms with Crippen molar-refractivity contribution in [2.24, 2.45) is 7.05 Å². The van der Waals surface area contributed by atoms with E-state index in [-0.39, 0.29) is 11.8 Å². The highest BCUT2D eigenvalue weighted by Gasteiger charge is 2.22. The second-order valence-electron chi connectivity index (χ2n) is 7.94. The predicted octanol–water partition coefficient (Wildman–Crippen LogP) is 4.06. The lowest BCUT2D eigenvalue weighted by Crippen LogP contribution is -2.24. The molecule has 4 heterocycles. The monoisotopic (exact) mass is 445 g/mol. The summed E-state index contributed by atoms with van der Waals surface area (Å²) in [4.78, 5) is 32.7. The van der Waals surface area contributed by atoms with Crippen LogP contribution in [0, 0.1) is 6.92 Å². The average Bonchev–Trinajstić information content (AvgIpc) is 3.54. The fraction of sp³-hybridized carbons (Fsp3) is 0.250. The molecule has 0 unspecified atom stereocenters. The first kappa shape index (κ1) is 20.4. The van der Waals surface area contributed by atoms with Gasteiger partial charge in [0, 0.05) is 32.2 Å². The van der Waals surface area contributed by atoms with E-state index in [0.29, 0.717) is 24.2 Å². The van der Waals surface area contributed by atoms with Crippen LogP contribution < -0.4 is 10.2 Å². The topological polar surface area (TPSA) is 80.1 Å². The van der Waals surface area contributed by atoms with Crippen molar-refractivity contribution in [2.75, 3.05) is 11.4 Å².